The van der Waals surface area contributed by atoms with Crippen molar-refractivity contribution >= 4 is 11.6 Å². The van der Waals surface area contributed by atoms with Gasteiger partial charge in [0.25, 0.3) is 0 Å². The Morgan fingerprint density at radius 3 is 2.75 bits per heavy atom. The van der Waals surface area contributed by atoms with Gasteiger partial charge in [0.1, 0.15) is 11.4 Å². The summed E-state index contributed by atoms with van der Waals surface area (Å²) in [5.74, 6) is 0.00716. The lowest BCUT2D eigenvalue weighted by Gasteiger charge is -2.38. The standard InChI is InChI=1S/C17H16ClFO/c1-11-8-9-17(20,14-5-3-2-4-13(11)14)15-10-12(19)6-7-16(15)18/h2-7,10-11,20H,8-9H2,1H3. The number of fused-ring (bicyclic) bond motifs is 1. The van der Waals surface area contributed by atoms with E-state index >= 15 is 0 Å². The number of hydrogen-bond donors (Lipinski definition) is 1. The van der Waals surface area contributed by atoms with Crippen LogP contribution < -0.4 is 0 Å². The van der Waals surface area contributed by atoms with Crippen LogP contribution in [0.3, 0.4) is 0 Å². The molecule has 3 heteroatoms. The third-order valence-corrected chi connectivity index (χ3v) is 4.58. The van der Waals surface area contributed by atoms with Gasteiger partial charge in [-0.2, -0.15) is 0 Å². The highest BCUT2D eigenvalue weighted by atomic mass is 35.5. The maximum Gasteiger partial charge on any atom is 0.123 e. The second-order valence-corrected chi connectivity index (χ2v) is 5.92. The van der Waals surface area contributed by atoms with E-state index in [0.717, 1.165) is 17.5 Å². The maximum atomic E-state index is 13.6. The Labute approximate surface area is 123 Å². The zero-order valence-electron chi connectivity index (χ0n) is 11.2. The molecule has 2 unspecified atom stereocenters. The Morgan fingerprint density at radius 1 is 1.20 bits per heavy atom. The third kappa shape index (κ3) is 2.04. The summed E-state index contributed by atoms with van der Waals surface area (Å²) in [6.07, 6.45) is 1.40. The molecule has 104 valence electrons. The average molecular weight is 291 g/mol. The minimum absolute atomic E-state index is 0.381. The highest BCUT2D eigenvalue weighted by Crippen LogP contribution is 2.46. The molecule has 2 aromatic carbocycles. The molecule has 0 aliphatic heterocycles. The zero-order chi connectivity index (χ0) is 14.3. The molecular formula is C17H16ClFO. The molecular weight excluding hydrogens is 275 g/mol. The molecule has 1 nitrogen and oxygen atoms in total. The minimum Gasteiger partial charge on any atom is -0.380 e. The molecule has 3 rings (SSSR count). The number of benzene rings is 2. The summed E-state index contributed by atoms with van der Waals surface area (Å²) in [6.45, 7) is 2.14. The summed E-state index contributed by atoms with van der Waals surface area (Å²) in [7, 11) is 0. The molecule has 0 saturated heterocycles. The fourth-order valence-corrected chi connectivity index (χ4v) is 3.39. The van der Waals surface area contributed by atoms with Gasteiger partial charge in [0, 0.05) is 10.6 Å². The first kappa shape index (κ1) is 13.6. The van der Waals surface area contributed by atoms with Gasteiger partial charge in [-0.3, -0.25) is 0 Å². The minimum atomic E-state index is -1.21. The van der Waals surface area contributed by atoms with Gasteiger partial charge in [0.2, 0.25) is 0 Å². The van der Waals surface area contributed by atoms with Crippen LogP contribution in [0.5, 0.6) is 0 Å². The van der Waals surface area contributed by atoms with Crippen molar-refractivity contribution in [1.82, 2.24) is 0 Å². The first-order chi connectivity index (χ1) is 9.52. The zero-order valence-corrected chi connectivity index (χ0v) is 12.0. The molecule has 0 aromatic heterocycles. The fourth-order valence-electron chi connectivity index (χ4n) is 3.11. The van der Waals surface area contributed by atoms with Crippen molar-refractivity contribution in [3.63, 3.8) is 0 Å². The summed E-state index contributed by atoms with van der Waals surface area (Å²) < 4.78 is 13.6. The Bertz CT molecular complexity index is 655. The van der Waals surface area contributed by atoms with Gasteiger partial charge in [-0.25, -0.2) is 4.39 Å². The van der Waals surface area contributed by atoms with Crippen LogP contribution in [0.25, 0.3) is 0 Å². The molecule has 0 saturated carbocycles. The van der Waals surface area contributed by atoms with Crippen molar-refractivity contribution in [1.29, 1.82) is 0 Å². The van der Waals surface area contributed by atoms with E-state index < -0.39 is 5.60 Å². The molecule has 2 atom stereocenters. The summed E-state index contributed by atoms with van der Waals surface area (Å²) in [5.41, 5.74) is 1.20. The monoisotopic (exact) mass is 290 g/mol. The van der Waals surface area contributed by atoms with Crippen molar-refractivity contribution in [3.05, 3.63) is 70.0 Å². The smallest absolute Gasteiger partial charge is 0.123 e. The van der Waals surface area contributed by atoms with Gasteiger partial charge in [0.15, 0.2) is 0 Å². The first-order valence-corrected chi connectivity index (χ1v) is 7.17. The van der Waals surface area contributed by atoms with E-state index in [-0.39, 0.29) is 5.82 Å². The number of hydrogen-bond acceptors (Lipinski definition) is 1. The van der Waals surface area contributed by atoms with Crippen molar-refractivity contribution in [2.45, 2.75) is 31.3 Å². The van der Waals surface area contributed by atoms with Crippen LogP contribution in [0.2, 0.25) is 5.02 Å². The molecule has 0 heterocycles. The molecule has 0 bridgehead atoms. The Hall–Kier alpha value is -1.38. The Morgan fingerprint density at radius 2 is 1.95 bits per heavy atom. The van der Waals surface area contributed by atoms with Crippen molar-refractivity contribution < 1.29 is 9.50 Å². The van der Waals surface area contributed by atoms with Crippen molar-refractivity contribution in [2.75, 3.05) is 0 Å². The molecule has 0 amide bonds. The Balaban J connectivity index is 2.22. The fraction of sp³-hybridized carbons (Fsp3) is 0.294. The van der Waals surface area contributed by atoms with Crippen LogP contribution >= 0.6 is 11.6 Å². The van der Waals surface area contributed by atoms with Crippen molar-refractivity contribution in [2.24, 2.45) is 0 Å². The lowest BCUT2D eigenvalue weighted by molar-refractivity contribution is 0.0577. The molecule has 0 fully saturated rings. The quantitative estimate of drug-likeness (QED) is 0.813. The largest absolute Gasteiger partial charge is 0.380 e. The third-order valence-electron chi connectivity index (χ3n) is 4.25. The maximum absolute atomic E-state index is 13.6. The average Bonchev–Trinajstić information content (AvgIpc) is 2.46. The predicted octanol–water partition coefficient (Wildman–Crippen LogP) is 4.61. The summed E-state index contributed by atoms with van der Waals surface area (Å²) in [5, 5.41) is 11.6. The van der Waals surface area contributed by atoms with Crippen LogP contribution in [-0.2, 0) is 5.60 Å². The molecule has 0 radical (unpaired) electrons. The van der Waals surface area contributed by atoms with E-state index in [1.165, 1.54) is 18.2 Å². The van der Waals surface area contributed by atoms with Crippen LogP contribution in [-0.4, -0.2) is 5.11 Å². The SMILES string of the molecule is CC1CCC(O)(c2cc(F)ccc2Cl)c2ccccc21. The van der Waals surface area contributed by atoms with Gasteiger partial charge in [0.05, 0.1) is 0 Å². The van der Waals surface area contributed by atoms with E-state index in [1.807, 2.05) is 24.3 Å². The molecule has 1 aliphatic carbocycles. The molecule has 2 aromatic rings. The Kier molecular flexibility index (Phi) is 3.31. The van der Waals surface area contributed by atoms with E-state index in [9.17, 15) is 9.50 Å². The predicted molar refractivity (Wildman–Crippen MR) is 78.5 cm³/mol. The van der Waals surface area contributed by atoms with Gasteiger partial charge in [-0.15, -0.1) is 0 Å². The highest BCUT2D eigenvalue weighted by molar-refractivity contribution is 6.31. The second-order valence-electron chi connectivity index (χ2n) is 5.51. The van der Waals surface area contributed by atoms with Crippen LogP contribution in [0.15, 0.2) is 42.5 Å². The number of halogens is 2. The topological polar surface area (TPSA) is 20.2 Å². The van der Waals surface area contributed by atoms with E-state index in [2.05, 4.69) is 6.92 Å². The molecule has 1 aliphatic rings. The molecule has 20 heavy (non-hydrogen) atoms. The summed E-state index contributed by atoms with van der Waals surface area (Å²) >= 11 is 6.20. The van der Waals surface area contributed by atoms with Gasteiger partial charge in [-0.1, -0.05) is 42.8 Å². The van der Waals surface area contributed by atoms with Crippen molar-refractivity contribution in [3.8, 4) is 0 Å². The van der Waals surface area contributed by atoms with E-state index in [1.54, 1.807) is 0 Å². The van der Waals surface area contributed by atoms with E-state index in [4.69, 9.17) is 11.6 Å². The van der Waals surface area contributed by atoms with Gasteiger partial charge in [-0.05, 0) is 48.1 Å². The first-order valence-electron chi connectivity index (χ1n) is 6.79. The summed E-state index contributed by atoms with van der Waals surface area (Å²) in [6, 6.07) is 12.0. The summed E-state index contributed by atoms with van der Waals surface area (Å²) in [4.78, 5) is 0. The molecule has 0 spiro atoms. The highest BCUT2D eigenvalue weighted by Gasteiger charge is 2.39. The normalized spacial score (nSPS) is 25.3. The number of aliphatic hydroxyl groups is 1. The lowest BCUT2D eigenvalue weighted by atomic mass is 9.71. The van der Waals surface area contributed by atoms with Crippen LogP contribution in [0.1, 0.15) is 42.4 Å². The van der Waals surface area contributed by atoms with Crippen LogP contribution in [0, 0.1) is 5.82 Å². The molecule has 1 N–H and O–H groups in total. The lowest BCUT2D eigenvalue weighted by Crippen LogP contribution is -2.33. The second kappa shape index (κ2) is 4.87. The number of rotatable bonds is 1. The van der Waals surface area contributed by atoms with Crippen LogP contribution in [0.4, 0.5) is 4.39 Å². The van der Waals surface area contributed by atoms with Gasteiger partial charge >= 0.3 is 0 Å². The van der Waals surface area contributed by atoms with Gasteiger partial charge < -0.3 is 5.11 Å². The van der Waals surface area contributed by atoms with E-state index in [0.29, 0.717) is 22.9 Å².